The Labute approximate surface area is 130 Å². The van der Waals surface area contributed by atoms with Gasteiger partial charge in [-0.3, -0.25) is 4.79 Å². The number of carbonyl (C=O) groups excluding carboxylic acids is 1. The summed E-state index contributed by atoms with van der Waals surface area (Å²) in [6.07, 6.45) is 0.166. The molecule has 0 N–H and O–H groups in total. The molecular weight excluding hydrogens is 343 g/mol. The van der Waals surface area contributed by atoms with Crippen LogP contribution in [0.2, 0.25) is 5.02 Å². The fourth-order valence-electron chi connectivity index (χ4n) is 2.05. The van der Waals surface area contributed by atoms with E-state index in [9.17, 15) is 9.18 Å². The van der Waals surface area contributed by atoms with Gasteiger partial charge in [0.15, 0.2) is 5.78 Å². The molecule has 20 heavy (non-hydrogen) atoms. The van der Waals surface area contributed by atoms with Crippen molar-refractivity contribution in [3.05, 3.63) is 67.9 Å². The number of benzene rings is 2. The molecule has 0 radical (unpaired) electrons. The Kier molecular flexibility index (Phi) is 4.61. The quantitative estimate of drug-likeness (QED) is 0.684. The summed E-state index contributed by atoms with van der Waals surface area (Å²) in [4.78, 5) is 12.3. The summed E-state index contributed by atoms with van der Waals surface area (Å²) in [5, 5.41) is 0.281. The second kappa shape index (κ2) is 6.06. The summed E-state index contributed by atoms with van der Waals surface area (Å²) < 4.78 is 14.0. The van der Waals surface area contributed by atoms with Crippen LogP contribution in [0.5, 0.6) is 0 Å². The van der Waals surface area contributed by atoms with Gasteiger partial charge in [0.2, 0.25) is 0 Å². The molecule has 0 amide bonds. The number of hydrogen-bond acceptors (Lipinski definition) is 1. The molecule has 0 unspecified atom stereocenters. The van der Waals surface area contributed by atoms with Gasteiger partial charge in [0.05, 0.1) is 0 Å². The molecule has 2 aromatic rings. The number of aryl methyl sites for hydroxylation is 2. The Bertz CT molecular complexity index is 659. The van der Waals surface area contributed by atoms with Crippen LogP contribution in [0.3, 0.4) is 0 Å². The van der Waals surface area contributed by atoms with Gasteiger partial charge in [-0.05, 0) is 54.8 Å². The van der Waals surface area contributed by atoms with Crippen molar-refractivity contribution in [2.75, 3.05) is 0 Å². The molecule has 0 saturated heterocycles. The highest BCUT2D eigenvalue weighted by atomic mass is 79.9. The first-order valence-corrected chi connectivity index (χ1v) is 7.29. The van der Waals surface area contributed by atoms with E-state index >= 15 is 0 Å². The zero-order valence-corrected chi connectivity index (χ0v) is 13.5. The maximum Gasteiger partial charge on any atom is 0.167 e. The maximum atomic E-state index is 13.0. The summed E-state index contributed by atoms with van der Waals surface area (Å²) in [5.41, 5.74) is 3.30. The van der Waals surface area contributed by atoms with Crippen molar-refractivity contribution >= 4 is 33.3 Å². The molecule has 2 aromatic carbocycles. The zero-order valence-electron chi connectivity index (χ0n) is 11.1. The molecular formula is C16H13BrClFO. The van der Waals surface area contributed by atoms with Gasteiger partial charge in [-0.1, -0.05) is 33.6 Å². The summed E-state index contributed by atoms with van der Waals surface area (Å²) in [6, 6.07) is 7.77. The van der Waals surface area contributed by atoms with Crippen LogP contribution < -0.4 is 0 Å². The SMILES string of the molecule is Cc1cc(C(=O)Cc2ccc(F)cc2Cl)cc(C)c1Br. The highest BCUT2D eigenvalue weighted by molar-refractivity contribution is 9.10. The monoisotopic (exact) mass is 354 g/mol. The van der Waals surface area contributed by atoms with E-state index in [1.54, 1.807) is 6.07 Å². The highest BCUT2D eigenvalue weighted by Gasteiger charge is 2.12. The molecule has 0 aliphatic carbocycles. The zero-order chi connectivity index (χ0) is 14.9. The lowest BCUT2D eigenvalue weighted by Crippen LogP contribution is -2.05. The van der Waals surface area contributed by atoms with E-state index in [0.717, 1.165) is 15.6 Å². The first-order valence-electron chi connectivity index (χ1n) is 6.12. The van der Waals surface area contributed by atoms with Crippen LogP contribution in [0.4, 0.5) is 4.39 Å². The minimum absolute atomic E-state index is 0.0304. The van der Waals surface area contributed by atoms with Gasteiger partial charge < -0.3 is 0 Å². The van der Waals surface area contributed by atoms with E-state index in [1.165, 1.54) is 12.1 Å². The Morgan fingerprint density at radius 3 is 2.35 bits per heavy atom. The van der Waals surface area contributed by atoms with Crippen LogP contribution in [-0.4, -0.2) is 5.78 Å². The summed E-state index contributed by atoms with van der Waals surface area (Å²) in [6.45, 7) is 3.89. The number of carbonyl (C=O) groups is 1. The first-order chi connectivity index (χ1) is 9.38. The summed E-state index contributed by atoms with van der Waals surface area (Å²) in [7, 11) is 0. The second-order valence-corrected chi connectivity index (χ2v) is 5.96. The van der Waals surface area contributed by atoms with Gasteiger partial charge in [-0.2, -0.15) is 0 Å². The molecule has 0 fully saturated rings. The Hall–Kier alpha value is -1.19. The molecule has 0 saturated carbocycles. The number of rotatable bonds is 3. The molecule has 0 heterocycles. The topological polar surface area (TPSA) is 17.1 Å². The van der Waals surface area contributed by atoms with Gasteiger partial charge in [0.1, 0.15) is 5.82 Å². The predicted octanol–water partition coefficient (Wildman–Crippen LogP) is 5.28. The third kappa shape index (κ3) is 3.28. The molecule has 0 aliphatic heterocycles. The third-order valence-electron chi connectivity index (χ3n) is 3.12. The predicted molar refractivity (Wildman–Crippen MR) is 83.1 cm³/mol. The van der Waals surface area contributed by atoms with E-state index in [1.807, 2.05) is 26.0 Å². The van der Waals surface area contributed by atoms with E-state index < -0.39 is 5.82 Å². The molecule has 0 bridgehead atoms. The van der Waals surface area contributed by atoms with Gasteiger partial charge in [-0.25, -0.2) is 4.39 Å². The third-order valence-corrected chi connectivity index (χ3v) is 4.73. The van der Waals surface area contributed by atoms with E-state index in [-0.39, 0.29) is 17.2 Å². The van der Waals surface area contributed by atoms with Crippen molar-refractivity contribution in [2.24, 2.45) is 0 Å². The largest absolute Gasteiger partial charge is 0.294 e. The molecule has 0 spiro atoms. The van der Waals surface area contributed by atoms with Crippen molar-refractivity contribution in [3.63, 3.8) is 0 Å². The lowest BCUT2D eigenvalue weighted by Gasteiger charge is -2.08. The lowest BCUT2D eigenvalue weighted by molar-refractivity contribution is 0.0992. The smallest absolute Gasteiger partial charge is 0.167 e. The summed E-state index contributed by atoms with van der Waals surface area (Å²) in [5.74, 6) is -0.432. The molecule has 104 valence electrons. The average Bonchev–Trinajstić information content (AvgIpc) is 2.38. The van der Waals surface area contributed by atoms with E-state index in [0.29, 0.717) is 11.1 Å². The molecule has 0 aromatic heterocycles. The minimum atomic E-state index is -0.401. The molecule has 4 heteroatoms. The average molecular weight is 356 g/mol. The van der Waals surface area contributed by atoms with Crippen LogP contribution in [0, 0.1) is 19.7 Å². The van der Waals surface area contributed by atoms with Crippen LogP contribution in [0.1, 0.15) is 27.0 Å². The molecule has 0 aliphatic rings. The van der Waals surface area contributed by atoms with Gasteiger partial charge in [0, 0.05) is 21.5 Å². The highest BCUT2D eigenvalue weighted by Crippen LogP contribution is 2.24. The molecule has 0 atom stereocenters. The number of halogens is 3. The van der Waals surface area contributed by atoms with Crippen LogP contribution in [0.15, 0.2) is 34.8 Å². The Morgan fingerprint density at radius 2 is 1.80 bits per heavy atom. The van der Waals surface area contributed by atoms with E-state index in [4.69, 9.17) is 11.6 Å². The fourth-order valence-corrected chi connectivity index (χ4v) is 2.51. The van der Waals surface area contributed by atoms with Crippen LogP contribution in [0.25, 0.3) is 0 Å². The van der Waals surface area contributed by atoms with Crippen molar-refractivity contribution in [1.82, 2.24) is 0 Å². The lowest BCUT2D eigenvalue weighted by atomic mass is 9.99. The normalized spacial score (nSPS) is 10.7. The number of hydrogen-bond donors (Lipinski definition) is 0. The van der Waals surface area contributed by atoms with Crippen molar-refractivity contribution in [3.8, 4) is 0 Å². The molecule has 1 nitrogen and oxygen atoms in total. The van der Waals surface area contributed by atoms with Crippen molar-refractivity contribution < 1.29 is 9.18 Å². The second-order valence-electron chi connectivity index (χ2n) is 4.76. The van der Waals surface area contributed by atoms with Crippen LogP contribution in [-0.2, 0) is 6.42 Å². The van der Waals surface area contributed by atoms with Crippen molar-refractivity contribution in [2.45, 2.75) is 20.3 Å². The van der Waals surface area contributed by atoms with Gasteiger partial charge in [-0.15, -0.1) is 0 Å². The summed E-state index contributed by atoms with van der Waals surface area (Å²) >= 11 is 9.42. The molecule has 2 rings (SSSR count). The maximum absolute atomic E-state index is 13.0. The Balaban J connectivity index is 2.28. The fraction of sp³-hybridized carbons (Fsp3) is 0.188. The van der Waals surface area contributed by atoms with Crippen LogP contribution >= 0.6 is 27.5 Å². The van der Waals surface area contributed by atoms with E-state index in [2.05, 4.69) is 15.9 Å². The number of ketones is 1. The first kappa shape index (κ1) is 15.2. The standard InChI is InChI=1S/C16H13BrClFO/c1-9-5-12(6-10(2)16(9)17)15(20)7-11-3-4-13(19)8-14(11)18/h3-6,8H,7H2,1-2H3. The van der Waals surface area contributed by atoms with Gasteiger partial charge >= 0.3 is 0 Å². The number of Topliss-reactive ketones (excluding diaryl/α,β-unsaturated/α-hetero) is 1. The van der Waals surface area contributed by atoms with Gasteiger partial charge in [0.25, 0.3) is 0 Å². The minimum Gasteiger partial charge on any atom is -0.294 e. The van der Waals surface area contributed by atoms with Crippen molar-refractivity contribution in [1.29, 1.82) is 0 Å². The Morgan fingerprint density at radius 1 is 1.20 bits per heavy atom.